The molecule has 0 saturated heterocycles. The summed E-state index contributed by atoms with van der Waals surface area (Å²) < 4.78 is 0. The molecule has 0 aliphatic heterocycles. The van der Waals surface area contributed by atoms with Crippen molar-refractivity contribution in [3.05, 3.63) is 71.3 Å². The third-order valence-corrected chi connectivity index (χ3v) is 5.09. The van der Waals surface area contributed by atoms with Crippen molar-refractivity contribution in [2.75, 3.05) is 20.6 Å². The molecule has 132 valence electrons. The van der Waals surface area contributed by atoms with Gasteiger partial charge in [0.05, 0.1) is 0 Å². The van der Waals surface area contributed by atoms with Gasteiger partial charge < -0.3 is 15.1 Å². The highest BCUT2D eigenvalue weighted by Crippen LogP contribution is 2.47. The van der Waals surface area contributed by atoms with Crippen molar-refractivity contribution >= 4 is 6.08 Å². The van der Waals surface area contributed by atoms with Gasteiger partial charge in [-0.3, -0.25) is 0 Å². The third-order valence-electron chi connectivity index (χ3n) is 5.09. The van der Waals surface area contributed by atoms with Crippen LogP contribution in [0.15, 0.2) is 60.2 Å². The van der Waals surface area contributed by atoms with Crippen LogP contribution in [0.2, 0.25) is 0 Å². The first kappa shape index (κ1) is 17.7. The molecule has 2 aromatic carbocycles. The summed E-state index contributed by atoms with van der Waals surface area (Å²) in [6.07, 6.45) is 5.02. The summed E-state index contributed by atoms with van der Waals surface area (Å²) in [7, 11) is 4.08. The minimum atomic E-state index is -1.06. The van der Waals surface area contributed by atoms with E-state index in [0.717, 1.165) is 42.5 Å². The van der Waals surface area contributed by atoms with Crippen LogP contribution >= 0.6 is 0 Å². The maximum Gasteiger partial charge on any atom is 0.115 e. The molecule has 1 aliphatic rings. The van der Waals surface area contributed by atoms with Crippen LogP contribution in [0.25, 0.3) is 6.08 Å². The lowest BCUT2D eigenvalue weighted by molar-refractivity contribution is -0.0175. The van der Waals surface area contributed by atoms with Gasteiger partial charge in [0.25, 0.3) is 0 Å². The quantitative estimate of drug-likeness (QED) is 0.885. The Bertz CT molecular complexity index is 739. The van der Waals surface area contributed by atoms with Crippen molar-refractivity contribution in [1.29, 1.82) is 0 Å². The molecule has 0 radical (unpaired) electrons. The van der Waals surface area contributed by atoms with Crippen LogP contribution in [-0.2, 0) is 5.60 Å². The number of phenols is 1. The van der Waals surface area contributed by atoms with E-state index >= 15 is 0 Å². The van der Waals surface area contributed by atoms with Crippen molar-refractivity contribution in [2.45, 2.75) is 24.9 Å². The maximum absolute atomic E-state index is 11.9. The summed E-state index contributed by atoms with van der Waals surface area (Å²) in [5, 5.41) is 21.9. The molecule has 0 aromatic heterocycles. The van der Waals surface area contributed by atoms with E-state index in [1.54, 1.807) is 12.1 Å². The zero-order chi connectivity index (χ0) is 17.9. The second-order valence-electron chi connectivity index (χ2n) is 7.25. The van der Waals surface area contributed by atoms with E-state index in [1.165, 1.54) is 0 Å². The Balaban J connectivity index is 2.10. The van der Waals surface area contributed by atoms with Crippen molar-refractivity contribution < 1.29 is 10.2 Å². The van der Waals surface area contributed by atoms with E-state index in [4.69, 9.17) is 0 Å². The molecule has 1 saturated carbocycles. The fourth-order valence-corrected chi connectivity index (χ4v) is 3.96. The molecule has 0 amide bonds. The zero-order valence-electron chi connectivity index (χ0n) is 15.0. The van der Waals surface area contributed by atoms with E-state index in [0.29, 0.717) is 0 Å². The molecule has 2 N–H and O–H groups in total. The second kappa shape index (κ2) is 7.42. The molecule has 3 heteroatoms. The monoisotopic (exact) mass is 337 g/mol. The van der Waals surface area contributed by atoms with Crippen molar-refractivity contribution in [2.24, 2.45) is 5.92 Å². The van der Waals surface area contributed by atoms with Crippen LogP contribution in [0.5, 0.6) is 5.75 Å². The molecule has 0 bridgehead atoms. The molecule has 3 rings (SSSR count). The molecule has 2 unspecified atom stereocenters. The minimum absolute atomic E-state index is 0.0908. The van der Waals surface area contributed by atoms with Gasteiger partial charge in [0.15, 0.2) is 0 Å². The largest absolute Gasteiger partial charge is 0.508 e. The molecule has 0 spiro atoms. The van der Waals surface area contributed by atoms with Crippen LogP contribution in [0, 0.1) is 5.92 Å². The SMILES string of the molecule is CN(C)CC1CCC/C(=C/c2ccccc2)C1(O)c1cccc(O)c1. The molecule has 2 aromatic rings. The number of rotatable bonds is 4. The van der Waals surface area contributed by atoms with Crippen LogP contribution in [0.1, 0.15) is 30.4 Å². The summed E-state index contributed by atoms with van der Waals surface area (Å²) in [5.74, 6) is 0.284. The van der Waals surface area contributed by atoms with Gasteiger partial charge in [0.2, 0.25) is 0 Å². The summed E-state index contributed by atoms with van der Waals surface area (Å²) in [4.78, 5) is 2.13. The number of hydrogen-bond acceptors (Lipinski definition) is 3. The molecule has 25 heavy (non-hydrogen) atoms. The van der Waals surface area contributed by atoms with E-state index < -0.39 is 5.60 Å². The molecular formula is C22H27NO2. The Morgan fingerprint density at radius 3 is 2.56 bits per heavy atom. The minimum Gasteiger partial charge on any atom is -0.508 e. The Kier molecular flexibility index (Phi) is 5.26. The summed E-state index contributed by atoms with van der Waals surface area (Å²) in [5.41, 5.74) is 1.85. The molecule has 1 fully saturated rings. The van der Waals surface area contributed by atoms with Gasteiger partial charge in [-0.1, -0.05) is 48.5 Å². The van der Waals surface area contributed by atoms with Crippen molar-refractivity contribution in [3.8, 4) is 5.75 Å². The second-order valence-corrected chi connectivity index (χ2v) is 7.25. The number of hydrogen-bond donors (Lipinski definition) is 2. The molecule has 0 heterocycles. The Labute approximate surface area is 150 Å². The fourth-order valence-electron chi connectivity index (χ4n) is 3.96. The molecule has 3 nitrogen and oxygen atoms in total. The lowest BCUT2D eigenvalue weighted by atomic mass is 9.67. The Hall–Kier alpha value is -2.10. The standard InChI is InChI=1S/C22H27NO2/c1-23(2)16-20-12-6-10-18(14-17-8-4-3-5-9-17)22(20,25)19-11-7-13-21(24)15-19/h3-5,7-9,11,13-15,20,24-25H,6,10,12,16H2,1-2H3/b18-14-. The highest BCUT2D eigenvalue weighted by molar-refractivity contribution is 5.57. The number of phenolic OH excluding ortho intramolecular Hbond substituents is 1. The highest BCUT2D eigenvalue weighted by Gasteiger charge is 2.44. The van der Waals surface area contributed by atoms with E-state index in [2.05, 4.69) is 23.1 Å². The third kappa shape index (κ3) is 3.78. The first-order chi connectivity index (χ1) is 12.0. The average Bonchev–Trinajstić information content (AvgIpc) is 2.59. The van der Waals surface area contributed by atoms with E-state index in [1.807, 2.05) is 44.4 Å². The Morgan fingerprint density at radius 2 is 1.88 bits per heavy atom. The van der Waals surface area contributed by atoms with Crippen molar-refractivity contribution in [1.82, 2.24) is 4.90 Å². The zero-order valence-corrected chi connectivity index (χ0v) is 15.0. The lowest BCUT2D eigenvalue weighted by Crippen LogP contribution is -2.44. The first-order valence-electron chi connectivity index (χ1n) is 8.93. The Morgan fingerprint density at radius 1 is 1.12 bits per heavy atom. The number of benzene rings is 2. The normalized spacial score (nSPS) is 25.4. The van der Waals surface area contributed by atoms with Crippen LogP contribution < -0.4 is 0 Å². The van der Waals surface area contributed by atoms with Gasteiger partial charge in [-0.2, -0.15) is 0 Å². The average molecular weight is 337 g/mol. The lowest BCUT2D eigenvalue weighted by Gasteiger charge is -2.44. The summed E-state index contributed by atoms with van der Waals surface area (Å²) >= 11 is 0. The maximum atomic E-state index is 11.9. The first-order valence-corrected chi connectivity index (χ1v) is 8.93. The van der Waals surface area contributed by atoms with Gasteiger partial charge in [0, 0.05) is 12.5 Å². The highest BCUT2D eigenvalue weighted by atomic mass is 16.3. The summed E-state index contributed by atoms with van der Waals surface area (Å²) in [6.45, 7) is 0.804. The predicted octanol–water partition coefficient (Wildman–Crippen LogP) is 4.03. The van der Waals surface area contributed by atoms with Crippen LogP contribution in [0.4, 0.5) is 0 Å². The van der Waals surface area contributed by atoms with Gasteiger partial charge >= 0.3 is 0 Å². The van der Waals surface area contributed by atoms with Gasteiger partial charge in [-0.05, 0) is 62.2 Å². The van der Waals surface area contributed by atoms with Crippen molar-refractivity contribution in [3.63, 3.8) is 0 Å². The smallest absolute Gasteiger partial charge is 0.115 e. The molecule has 2 atom stereocenters. The van der Waals surface area contributed by atoms with Gasteiger partial charge in [-0.25, -0.2) is 0 Å². The van der Waals surface area contributed by atoms with E-state index in [9.17, 15) is 10.2 Å². The fraction of sp³-hybridized carbons (Fsp3) is 0.364. The predicted molar refractivity (Wildman–Crippen MR) is 102 cm³/mol. The van der Waals surface area contributed by atoms with E-state index in [-0.39, 0.29) is 11.7 Å². The molecular weight excluding hydrogens is 310 g/mol. The topological polar surface area (TPSA) is 43.7 Å². The molecule has 1 aliphatic carbocycles. The number of nitrogens with zero attached hydrogens (tertiary/aromatic N) is 1. The van der Waals surface area contributed by atoms with Gasteiger partial charge in [0.1, 0.15) is 11.4 Å². The summed E-state index contributed by atoms with van der Waals surface area (Å²) in [6, 6.07) is 17.2. The number of aromatic hydroxyl groups is 1. The number of aliphatic hydroxyl groups is 1. The van der Waals surface area contributed by atoms with Gasteiger partial charge in [-0.15, -0.1) is 0 Å². The van der Waals surface area contributed by atoms with Crippen LogP contribution in [-0.4, -0.2) is 35.8 Å². The van der Waals surface area contributed by atoms with Crippen LogP contribution in [0.3, 0.4) is 0 Å².